The lowest BCUT2D eigenvalue weighted by Crippen LogP contribution is -2.01. The molecule has 1 heterocycles. The van der Waals surface area contributed by atoms with Gasteiger partial charge in [0.05, 0.1) is 6.20 Å². The number of aryl methyl sites for hydroxylation is 1. The van der Waals surface area contributed by atoms with E-state index in [-0.39, 0.29) is 6.61 Å². The molecule has 0 fully saturated rings. The largest absolute Gasteiger partial charge is 0.396 e. The van der Waals surface area contributed by atoms with Gasteiger partial charge in [0.1, 0.15) is 4.60 Å². The van der Waals surface area contributed by atoms with Crippen LogP contribution in [-0.2, 0) is 6.54 Å². The van der Waals surface area contributed by atoms with Crippen molar-refractivity contribution in [1.29, 1.82) is 0 Å². The minimum Gasteiger partial charge on any atom is -0.396 e. The van der Waals surface area contributed by atoms with Crippen LogP contribution in [0.1, 0.15) is 6.42 Å². The van der Waals surface area contributed by atoms with Crippen LogP contribution in [0.5, 0.6) is 0 Å². The van der Waals surface area contributed by atoms with Gasteiger partial charge in [0.2, 0.25) is 0 Å². The summed E-state index contributed by atoms with van der Waals surface area (Å²) in [6.07, 6.45) is 2.47. The second kappa shape index (κ2) is 3.73. The highest BCUT2D eigenvalue weighted by atomic mass is 79.9. The highest BCUT2D eigenvalue weighted by Gasteiger charge is 1.95. The molecule has 1 aromatic rings. The molecular formula is C6H9BrN2O. The third-order valence-corrected chi connectivity index (χ3v) is 1.87. The van der Waals surface area contributed by atoms with E-state index in [0.29, 0.717) is 0 Å². The molecule has 0 saturated heterocycles. The van der Waals surface area contributed by atoms with Crippen LogP contribution in [-0.4, -0.2) is 21.5 Å². The van der Waals surface area contributed by atoms with Crippen LogP contribution in [0.2, 0.25) is 0 Å². The zero-order valence-corrected chi connectivity index (χ0v) is 7.08. The molecule has 10 heavy (non-hydrogen) atoms. The Labute approximate surface area is 67.8 Å². The Morgan fingerprint density at radius 3 is 3.00 bits per heavy atom. The van der Waals surface area contributed by atoms with E-state index < -0.39 is 0 Å². The third kappa shape index (κ3) is 1.82. The second-order valence-corrected chi connectivity index (χ2v) is 2.77. The van der Waals surface area contributed by atoms with Crippen molar-refractivity contribution in [3.8, 4) is 0 Å². The van der Waals surface area contributed by atoms with E-state index in [1.54, 1.807) is 10.9 Å². The van der Waals surface area contributed by atoms with E-state index in [0.717, 1.165) is 17.6 Å². The van der Waals surface area contributed by atoms with Gasteiger partial charge >= 0.3 is 0 Å². The van der Waals surface area contributed by atoms with Crippen molar-refractivity contribution >= 4 is 15.9 Å². The number of aliphatic hydroxyl groups is 1. The standard InChI is InChI=1S/C6H9BrN2O/c7-6-2-3-8-9(6)4-1-5-10/h2-3,10H,1,4-5H2. The van der Waals surface area contributed by atoms with E-state index in [1.165, 1.54) is 0 Å². The van der Waals surface area contributed by atoms with Gasteiger partial charge in [-0.3, -0.25) is 4.68 Å². The molecule has 3 nitrogen and oxygen atoms in total. The molecule has 0 amide bonds. The molecule has 0 atom stereocenters. The van der Waals surface area contributed by atoms with Crippen LogP contribution in [0.4, 0.5) is 0 Å². The van der Waals surface area contributed by atoms with Crippen molar-refractivity contribution in [3.05, 3.63) is 16.9 Å². The third-order valence-electron chi connectivity index (χ3n) is 1.19. The Balaban J connectivity index is 2.49. The fourth-order valence-electron chi connectivity index (χ4n) is 0.702. The van der Waals surface area contributed by atoms with E-state index in [9.17, 15) is 0 Å². The second-order valence-electron chi connectivity index (χ2n) is 1.95. The lowest BCUT2D eigenvalue weighted by molar-refractivity contribution is 0.276. The number of nitrogens with zero attached hydrogens (tertiary/aromatic N) is 2. The van der Waals surface area contributed by atoms with E-state index in [1.807, 2.05) is 6.07 Å². The summed E-state index contributed by atoms with van der Waals surface area (Å²) in [5.41, 5.74) is 0. The Bertz CT molecular complexity index is 199. The molecule has 0 aliphatic carbocycles. The minimum atomic E-state index is 0.215. The number of hydrogen-bond acceptors (Lipinski definition) is 2. The fourth-order valence-corrected chi connectivity index (χ4v) is 1.09. The van der Waals surface area contributed by atoms with Crippen molar-refractivity contribution < 1.29 is 5.11 Å². The summed E-state index contributed by atoms with van der Waals surface area (Å²) in [4.78, 5) is 0. The Morgan fingerprint density at radius 1 is 1.70 bits per heavy atom. The van der Waals surface area contributed by atoms with Crippen molar-refractivity contribution in [2.45, 2.75) is 13.0 Å². The van der Waals surface area contributed by atoms with Gasteiger partial charge in [0, 0.05) is 13.2 Å². The quantitative estimate of drug-likeness (QED) is 0.800. The highest BCUT2D eigenvalue weighted by Crippen LogP contribution is 2.07. The SMILES string of the molecule is OCCCn1nccc1Br. The predicted molar refractivity (Wildman–Crippen MR) is 41.6 cm³/mol. The number of aromatic nitrogens is 2. The maximum atomic E-state index is 8.50. The summed E-state index contributed by atoms with van der Waals surface area (Å²) in [6.45, 7) is 0.983. The molecule has 0 radical (unpaired) electrons. The topological polar surface area (TPSA) is 38.0 Å². The van der Waals surface area contributed by atoms with Gasteiger partial charge in [-0.1, -0.05) is 0 Å². The molecule has 0 unspecified atom stereocenters. The van der Waals surface area contributed by atoms with Gasteiger partial charge in [-0.2, -0.15) is 5.10 Å². The summed E-state index contributed by atoms with van der Waals surface area (Å²) in [6, 6.07) is 1.87. The van der Waals surface area contributed by atoms with Gasteiger partial charge in [0.25, 0.3) is 0 Å². The van der Waals surface area contributed by atoms with E-state index in [4.69, 9.17) is 5.11 Å². The molecule has 0 aromatic carbocycles. The van der Waals surface area contributed by atoms with E-state index in [2.05, 4.69) is 21.0 Å². The molecule has 0 bridgehead atoms. The van der Waals surface area contributed by atoms with Crippen LogP contribution >= 0.6 is 15.9 Å². The molecule has 0 aliphatic rings. The highest BCUT2D eigenvalue weighted by molar-refractivity contribution is 9.10. The van der Waals surface area contributed by atoms with Crippen LogP contribution < -0.4 is 0 Å². The van der Waals surface area contributed by atoms with Crippen molar-refractivity contribution in [3.63, 3.8) is 0 Å². The van der Waals surface area contributed by atoms with Crippen molar-refractivity contribution in [2.24, 2.45) is 0 Å². The van der Waals surface area contributed by atoms with Crippen LogP contribution in [0, 0.1) is 0 Å². The van der Waals surface area contributed by atoms with Crippen molar-refractivity contribution in [1.82, 2.24) is 9.78 Å². The maximum absolute atomic E-state index is 8.50. The average molecular weight is 205 g/mol. The average Bonchev–Trinajstić information content (AvgIpc) is 2.31. The van der Waals surface area contributed by atoms with Crippen LogP contribution in [0.15, 0.2) is 16.9 Å². The predicted octanol–water partition coefficient (Wildman–Crippen LogP) is 1.03. The first-order valence-electron chi connectivity index (χ1n) is 3.13. The molecule has 0 aliphatic heterocycles. The first kappa shape index (κ1) is 7.75. The molecule has 1 N–H and O–H groups in total. The van der Waals surface area contributed by atoms with Gasteiger partial charge < -0.3 is 5.11 Å². The van der Waals surface area contributed by atoms with Crippen molar-refractivity contribution in [2.75, 3.05) is 6.61 Å². The fraction of sp³-hybridized carbons (Fsp3) is 0.500. The molecule has 0 saturated carbocycles. The lowest BCUT2D eigenvalue weighted by atomic mass is 10.5. The number of aliphatic hydroxyl groups excluding tert-OH is 1. The normalized spacial score (nSPS) is 10.2. The van der Waals surface area contributed by atoms with Crippen LogP contribution in [0.3, 0.4) is 0 Å². The Morgan fingerprint density at radius 2 is 2.50 bits per heavy atom. The molecule has 0 spiro atoms. The van der Waals surface area contributed by atoms with Crippen LogP contribution in [0.25, 0.3) is 0 Å². The molecule has 1 aromatic heterocycles. The van der Waals surface area contributed by atoms with Gasteiger partial charge in [-0.05, 0) is 28.4 Å². The van der Waals surface area contributed by atoms with Gasteiger partial charge in [-0.15, -0.1) is 0 Å². The number of halogens is 1. The summed E-state index contributed by atoms with van der Waals surface area (Å²) in [5.74, 6) is 0. The van der Waals surface area contributed by atoms with E-state index >= 15 is 0 Å². The lowest BCUT2D eigenvalue weighted by Gasteiger charge is -1.99. The minimum absolute atomic E-state index is 0.215. The first-order chi connectivity index (χ1) is 4.84. The zero-order chi connectivity index (χ0) is 7.40. The molecular weight excluding hydrogens is 196 g/mol. The maximum Gasteiger partial charge on any atom is 0.104 e. The molecule has 4 heteroatoms. The molecule has 56 valence electrons. The van der Waals surface area contributed by atoms with Gasteiger partial charge in [0.15, 0.2) is 0 Å². The molecule has 1 rings (SSSR count). The monoisotopic (exact) mass is 204 g/mol. The summed E-state index contributed by atoms with van der Waals surface area (Å²) >= 11 is 3.32. The number of hydrogen-bond donors (Lipinski definition) is 1. The number of rotatable bonds is 3. The summed E-state index contributed by atoms with van der Waals surface area (Å²) in [5, 5.41) is 12.5. The van der Waals surface area contributed by atoms with Gasteiger partial charge in [-0.25, -0.2) is 0 Å². The zero-order valence-electron chi connectivity index (χ0n) is 5.50. The summed E-state index contributed by atoms with van der Waals surface area (Å²) in [7, 11) is 0. The first-order valence-corrected chi connectivity index (χ1v) is 3.92. The Kier molecular flexibility index (Phi) is 2.89. The summed E-state index contributed by atoms with van der Waals surface area (Å²) < 4.78 is 2.76. The smallest absolute Gasteiger partial charge is 0.104 e. The Hall–Kier alpha value is -0.350.